The van der Waals surface area contributed by atoms with Crippen LogP contribution in [0.3, 0.4) is 0 Å². The molecule has 4 heteroatoms. The zero-order valence-corrected chi connectivity index (χ0v) is 22.9. The number of aliphatic hydroxyl groups is 1. The minimum atomic E-state index is -0.365. The smallest absolute Gasteiger partial charge is 0.138 e. The maximum absolute atomic E-state index is 12.9. The van der Waals surface area contributed by atoms with Crippen molar-refractivity contribution in [1.82, 2.24) is 0 Å². The maximum atomic E-state index is 12.9. The average Bonchev–Trinajstić information content (AvgIpc) is 3.59. The number of ether oxygens (including phenoxy) is 2. The third-order valence-corrected chi connectivity index (χ3v) is 13.4. The van der Waals surface area contributed by atoms with Crippen molar-refractivity contribution in [3.8, 4) is 0 Å². The van der Waals surface area contributed by atoms with Crippen molar-refractivity contribution in [3.05, 3.63) is 0 Å². The number of aliphatic hydroxyl groups excluding tert-OH is 1. The molecule has 1 spiro atoms. The van der Waals surface area contributed by atoms with Gasteiger partial charge in [-0.05, 0) is 93.3 Å². The van der Waals surface area contributed by atoms with Crippen molar-refractivity contribution in [2.45, 2.75) is 136 Å². The molecule has 6 aliphatic rings. The van der Waals surface area contributed by atoms with Crippen LogP contribution < -0.4 is 0 Å². The van der Waals surface area contributed by atoms with Crippen LogP contribution in [0.4, 0.5) is 0 Å². The molecular weight excluding hydrogens is 424 g/mol. The molecule has 0 radical (unpaired) electrons. The summed E-state index contributed by atoms with van der Waals surface area (Å²) in [7, 11) is 0. The Labute approximate surface area is 206 Å². The molecule has 0 aromatic heterocycles. The molecule has 0 unspecified atom stereocenters. The molecule has 6 rings (SSSR count). The van der Waals surface area contributed by atoms with Gasteiger partial charge in [0.25, 0.3) is 0 Å². The summed E-state index contributed by atoms with van der Waals surface area (Å²) in [6, 6.07) is 0. The van der Waals surface area contributed by atoms with Gasteiger partial charge in [0.15, 0.2) is 0 Å². The van der Waals surface area contributed by atoms with Crippen LogP contribution in [-0.4, -0.2) is 40.4 Å². The number of rotatable bonds is 4. The first-order chi connectivity index (χ1) is 15.7. The molecule has 6 fully saturated rings. The number of fused-ring (bicyclic) bond motifs is 3. The van der Waals surface area contributed by atoms with E-state index in [9.17, 15) is 9.90 Å². The monoisotopic (exact) mass is 472 g/mol. The largest absolute Gasteiger partial charge is 0.390 e. The predicted octanol–water partition coefficient (Wildman–Crippen LogP) is 5.94. The summed E-state index contributed by atoms with van der Waals surface area (Å²) in [5.74, 6) is 2.56. The Balaban J connectivity index is 1.28. The van der Waals surface area contributed by atoms with E-state index in [0.29, 0.717) is 35.6 Å². The van der Waals surface area contributed by atoms with Crippen LogP contribution >= 0.6 is 0 Å². The Kier molecular flexibility index (Phi) is 4.71. The van der Waals surface area contributed by atoms with Crippen LogP contribution in [0.1, 0.15) is 107 Å². The van der Waals surface area contributed by atoms with Gasteiger partial charge in [-0.3, -0.25) is 4.79 Å². The van der Waals surface area contributed by atoms with Gasteiger partial charge < -0.3 is 14.6 Å². The Morgan fingerprint density at radius 1 is 0.971 bits per heavy atom. The summed E-state index contributed by atoms with van der Waals surface area (Å²) < 4.78 is 12.7. The van der Waals surface area contributed by atoms with Gasteiger partial charge in [0, 0.05) is 17.3 Å². The van der Waals surface area contributed by atoms with Gasteiger partial charge >= 0.3 is 0 Å². The van der Waals surface area contributed by atoms with E-state index in [4.69, 9.17) is 9.47 Å². The van der Waals surface area contributed by atoms with Crippen LogP contribution in [0.25, 0.3) is 0 Å². The lowest BCUT2D eigenvalue weighted by atomic mass is 9.38. The zero-order valence-electron chi connectivity index (χ0n) is 22.9. The van der Waals surface area contributed by atoms with Crippen molar-refractivity contribution < 1.29 is 19.4 Å². The molecule has 4 aliphatic carbocycles. The highest BCUT2D eigenvalue weighted by Crippen LogP contribution is 2.81. The molecule has 4 saturated carbocycles. The fourth-order valence-corrected chi connectivity index (χ4v) is 11.1. The standard InChI is InChI=1S/C30H48O4/c1-17(15-19(31)24-26(4,5)34-24)18-9-14-29(8)28(18,7)13-10-20-27(6)12-11-22(32)25(2,3)21(27)16-23-30(20,29)33-23/h17-21,23-24,31H,9-16H2,1-8H3/t17-,18-,19+,20+,21-,23-,24-,27+,28-,29-,30+/m0/s1. The molecule has 2 aliphatic heterocycles. The molecule has 0 aromatic carbocycles. The molecular formula is C30H48O4. The van der Waals surface area contributed by atoms with Crippen LogP contribution in [0, 0.1) is 45.3 Å². The van der Waals surface area contributed by atoms with Gasteiger partial charge in [0.05, 0.1) is 17.8 Å². The van der Waals surface area contributed by atoms with Crippen molar-refractivity contribution in [1.29, 1.82) is 0 Å². The van der Waals surface area contributed by atoms with E-state index in [1.54, 1.807) is 0 Å². The van der Waals surface area contributed by atoms with Crippen LogP contribution in [0.15, 0.2) is 0 Å². The normalized spacial score (nSPS) is 55.9. The quantitative estimate of drug-likeness (QED) is 0.515. The number of ketones is 1. The SMILES string of the molecule is C[C@@H](C[C@@H](O)[C@@H]1OC1(C)C)[C@@H]1CC[C@]2(C)[C@]34O[C@H]3C[C@H]3C(C)(C)C(=O)CC[C@]3(C)[C@H]4CC[C@@]12C. The molecule has 0 amide bonds. The summed E-state index contributed by atoms with van der Waals surface area (Å²) >= 11 is 0. The lowest BCUT2D eigenvalue weighted by Gasteiger charge is -2.65. The van der Waals surface area contributed by atoms with E-state index in [-0.39, 0.29) is 45.1 Å². The third kappa shape index (κ3) is 2.64. The second kappa shape index (κ2) is 6.70. The van der Waals surface area contributed by atoms with Crippen LogP contribution in [0.2, 0.25) is 0 Å². The van der Waals surface area contributed by atoms with E-state index in [2.05, 4.69) is 55.4 Å². The minimum Gasteiger partial charge on any atom is -0.390 e. The fraction of sp³-hybridized carbons (Fsp3) is 0.967. The third-order valence-electron chi connectivity index (χ3n) is 13.4. The van der Waals surface area contributed by atoms with Crippen molar-refractivity contribution in [3.63, 3.8) is 0 Å². The highest BCUT2D eigenvalue weighted by molar-refractivity contribution is 5.85. The first-order valence-corrected chi connectivity index (χ1v) is 14.2. The highest BCUT2D eigenvalue weighted by Gasteiger charge is 2.83. The van der Waals surface area contributed by atoms with E-state index in [1.165, 1.54) is 25.7 Å². The predicted molar refractivity (Wildman–Crippen MR) is 132 cm³/mol. The van der Waals surface area contributed by atoms with Crippen LogP contribution in [0.5, 0.6) is 0 Å². The number of epoxide rings is 2. The second-order valence-corrected chi connectivity index (χ2v) is 15.2. The van der Waals surface area contributed by atoms with Gasteiger partial charge in [-0.15, -0.1) is 0 Å². The summed E-state index contributed by atoms with van der Waals surface area (Å²) in [5.41, 5.74) is 0.212. The molecule has 2 saturated heterocycles. The maximum Gasteiger partial charge on any atom is 0.138 e. The molecule has 0 bridgehead atoms. The molecule has 34 heavy (non-hydrogen) atoms. The first-order valence-electron chi connectivity index (χ1n) is 14.2. The lowest BCUT2D eigenvalue weighted by Crippen LogP contribution is -2.65. The molecule has 2 heterocycles. The Bertz CT molecular complexity index is 909. The second-order valence-electron chi connectivity index (χ2n) is 15.2. The van der Waals surface area contributed by atoms with Gasteiger partial charge in [0.2, 0.25) is 0 Å². The minimum absolute atomic E-state index is 0.00357. The Hall–Kier alpha value is -0.450. The van der Waals surface area contributed by atoms with Gasteiger partial charge in [0.1, 0.15) is 17.5 Å². The summed E-state index contributed by atoms with van der Waals surface area (Å²) in [5, 5.41) is 10.9. The summed E-state index contributed by atoms with van der Waals surface area (Å²) in [6.07, 6.45) is 8.58. The molecule has 11 atom stereocenters. The van der Waals surface area contributed by atoms with E-state index in [1.807, 2.05) is 0 Å². The number of carbonyl (C=O) groups excluding carboxylic acids is 1. The number of carbonyl (C=O) groups is 1. The number of Topliss-reactive ketones (excluding diaryl/α,β-unsaturated/α-hetero) is 1. The van der Waals surface area contributed by atoms with Crippen molar-refractivity contribution in [2.75, 3.05) is 0 Å². The Morgan fingerprint density at radius 3 is 2.29 bits per heavy atom. The summed E-state index contributed by atoms with van der Waals surface area (Å²) in [6.45, 7) is 18.6. The average molecular weight is 473 g/mol. The van der Waals surface area contributed by atoms with Gasteiger partial charge in [-0.1, -0.05) is 41.5 Å². The van der Waals surface area contributed by atoms with Crippen LogP contribution in [-0.2, 0) is 14.3 Å². The topological polar surface area (TPSA) is 62.4 Å². The van der Waals surface area contributed by atoms with E-state index >= 15 is 0 Å². The van der Waals surface area contributed by atoms with Crippen molar-refractivity contribution in [2.24, 2.45) is 45.3 Å². The van der Waals surface area contributed by atoms with E-state index < -0.39 is 0 Å². The van der Waals surface area contributed by atoms with Crippen molar-refractivity contribution >= 4 is 5.78 Å². The fourth-order valence-electron chi connectivity index (χ4n) is 11.1. The first kappa shape index (κ1) is 23.9. The zero-order chi connectivity index (χ0) is 24.7. The Morgan fingerprint density at radius 2 is 1.65 bits per heavy atom. The van der Waals surface area contributed by atoms with Gasteiger partial charge in [-0.2, -0.15) is 0 Å². The lowest BCUT2D eigenvalue weighted by molar-refractivity contribution is -0.175. The molecule has 0 aromatic rings. The van der Waals surface area contributed by atoms with E-state index in [0.717, 1.165) is 25.7 Å². The molecule has 192 valence electrons. The molecule has 1 N–H and O–H groups in total. The molecule has 4 nitrogen and oxygen atoms in total. The number of hydrogen-bond donors (Lipinski definition) is 1. The number of hydrogen-bond acceptors (Lipinski definition) is 4. The van der Waals surface area contributed by atoms with Gasteiger partial charge in [-0.25, -0.2) is 0 Å². The summed E-state index contributed by atoms with van der Waals surface area (Å²) in [4.78, 5) is 12.9. The highest BCUT2D eigenvalue weighted by atomic mass is 16.6.